The first-order valence-corrected chi connectivity index (χ1v) is 4.93. The largest absolute Gasteiger partial charge is 0.478 e. The lowest BCUT2D eigenvalue weighted by Gasteiger charge is -2.16. The molecule has 0 bridgehead atoms. The predicted molar refractivity (Wildman–Crippen MR) is 62.8 cm³/mol. The van der Waals surface area contributed by atoms with Crippen molar-refractivity contribution in [1.82, 2.24) is 0 Å². The van der Waals surface area contributed by atoms with Crippen molar-refractivity contribution in [2.24, 2.45) is 0 Å². The van der Waals surface area contributed by atoms with Crippen molar-refractivity contribution < 1.29 is 14.6 Å². The number of nitrogens with two attached hydrogens (primary N) is 1. The maximum Gasteiger partial charge on any atom is 0.335 e. The van der Waals surface area contributed by atoms with Crippen LogP contribution in [0.4, 0.5) is 11.4 Å². The van der Waals surface area contributed by atoms with Gasteiger partial charge < -0.3 is 20.9 Å². The van der Waals surface area contributed by atoms with Gasteiger partial charge in [0.1, 0.15) is 0 Å². The standard InChI is InChI=1S/C11H16N2O3/c1-7(6-16-2)13-10-5-8(11(14)15)3-4-9(10)12/h3-5,7,13H,6,12H2,1-2H3,(H,14,15). The summed E-state index contributed by atoms with van der Waals surface area (Å²) in [6.45, 7) is 2.45. The lowest BCUT2D eigenvalue weighted by molar-refractivity contribution is 0.0697. The molecule has 0 saturated heterocycles. The molecule has 0 saturated carbocycles. The van der Waals surface area contributed by atoms with Gasteiger partial charge in [-0.25, -0.2) is 4.79 Å². The Hall–Kier alpha value is -1.75. The molecular weight excluding hydrogens is 208 g/mol. The zero-order valence-corrected chi connectivity index (χ0v) is 9.36. The fraction of sp³-hybridized carbons (Fsp3) is 0.364. The maximum atomic E-state index is 10.8. The Morgan fingerprint density at radius 3 is 2.88 bits per heavy atom. The molecule has 88 valence electrons. The highest BCUT2D eigenvalue weighted by molar-refractivity contribution is 5.90. The minimum atomic E-state index is -0.970. The highest BCUT2D eigenvalue weighted by Gasteiger charge is 2.08. The molecule has 1 aromatic rings. The third-order valence-electron chi connectivity index (χ3n) is 2.12. The van der Waals surface area contributed by atoms with Crippen molar-refractivity contribution >= 4 is 17.3 Å². The van der Waals surface area contributed by atoms with E-state index in [1.165, 1.54) is 12.1 Å². The van der Waals surface area contributed by atoms with E-state index in [2.05, 4.69) is 5.32 Å². The van der Waals surface area contributed by atoms with E-state index in [1.807, 2.05) is 6.92 Å². The number of methoxy groups -OCH3 is 1. The van der Waals surface area contributed by atoms with Crippen LogP contribution in [-0.2, 0) is 4.74 Å². The first-order chi connectivity index (χ1) is 7.54. The van der Waals surface area contributed by atoms with Crippen LogP contribution < -0.4 is 11.1 Å². The van der Waals surface area contributed by atoms with Crippen molar-refractivity contribution in [2.75, 3.05) is 24.8 Å². The van der Waals surface area contributed by atoms with Gasteiger partial charge in [0, 0.05) is 13.2 Å². The molecule has 1 rings (SSSR count). The fourth-order valence-corrected chi connectivity index (χ4v) is 1.37. The Morgan fingerprint density at radius 2 is 2.31 bits per heavy atom. The van der Waals surface area contributed by atoms with E-state index in [9.17, 15) is 4.79 Å². The third-order valence-corrected chi connectivity index (χ3v) is 2.12. The molecule has 0 radical (unpaired) electrons. The molecule has 5 nitrogen and oxygen atoms in total. The Labute approximate surface area is 94.2 Å². The minimum Gasteiger partial charge on any atom is -0.478 e. The van der Waals surface area contributed by atoms with Gasteiger partial charge in [-0.2, -0.15) is 0 Å². The molecule has 1 unspecified atom stereocenters. The van der Waals surface area contributed by atoms with Crippen LogP contribution in [-0.4, -0.2) is 30.8 Å². The summed E-state index contributed by atoms with van der Waals surface area (Å²) in [5.41, 5.74) is 7.08. The van der Waals surface area contributed by atoms with E-state index in [0.717, 1.165) is 0 Å². The van der Waals surface area contributed by atoms with Crippen molar-refractivity contribution in [3.63, 3.8) is 0 Å². The van der Waals surface area contributed by atoms with Crippen LogP contribution in [0.25, 0.3) is 0 Å². The number of ether oxygens (including phenoxy) is 1. The zero-order chi connectivity index (χ0) is 12.1. The van der Waals surface area contributed by atoms with E-state index >= 15 is 0 Å². The number of hydrogen-bond acceptors (Lipinski definition) is 4. The molecule has 0 aliphatic rings. The molecule has 0 spiro atoms. The monoisotopic (exact) mass is 224 g/mol. The number of hydrogen-bond donors (Lipinski definition) is 3. The average Bonchev–Trinajstić information content (AvgIpc) is 2.21. The molecule has 0 amide bonds. The van der Waals surface area contributed by atoms with E-state index in [1.54, 1.807) is 13.2 Å². The summed E-state index contributed by atoms with van der Waals surface area (Å²) in [6, 6.07) is 4.63. The highest BCUT2D eigenvalue weighted by Crippen LogP contribution is 2.20. The second-order valence-corrected chi connectivity index (χ2v) is 3.61. The summed E-state index contributed by atoms with van der Waals surface area (Å²) in [4.78, 5) is 10.8. The van der Waals surface area contributed by atoms with Crippen molar-refractivity contribution in [3.05, 3.63) is 23.8 Å². The van der Waals surface area contributed by atoms with Gasteiger partial charge in [-0.05, 0) is 25.1 Å². The summed E-state index contributed by atoms with van der Waals surface area (Å²) >= 11 is 0. The molecule has 0 aliphatic carbocycles. The topological polar surface area (TPSA) is 84.6 Å². The number of nitrogens with one attached hydrogen (secondary N) is 1. The number of benzene rings is 1. The van der Waals surface area contributed by atoms with Crippen LogP contribution in [0.15, 0.2) is 18.2 Å². The third kappa shape index (κ3) is 3.13. The van der Waals surface area contributed by atoms with Gasteiger partial charge in [0.05, 0.1) is 23.5 Å². The lowest BCUT2D eigenvalue weighted by atomic mass is 10.1. The normalized spacial score (nSPS) is 12.1. The van der Waals surface area contributed by atoms with Gasteiger partial charge >= 0.3 is 5.97 Å². The molecule has 0 aliphatic heterocycles. The molecule has 0 aromatic heterocycles. The van der Waals surface area contributed by atoms with Crippen molar-refractivity contribution in [3.8, 4) is 0 Å². The molecule has 4 N–H and O–H groups in total. The van der Waals surface area contributed by atoms with Crippen molar-refractivity contribution in [2.45, 2.75) is 13.0 Å². The highest BCUT2D eigenvalue weighted by atomic mass is 16.5. The zero-order valence-electron chi connectivity index (χ0n) is 9.36. The Morgan fingerprint density at radius 1 is 1.62 bits per heavy atom. The first kappa shape index (κ1) is 12.3. The Kier molecular flexibility index (Phi) is 4.13. The number of anilines is 2. The summed E-state index contributed by atoms with van der Waals surface area (Å²) in [7, 11) is 1.61. The molecule has 1 atom stereocenters. The van der Waals surface area contributed by atoms with Gasteiger partial charge in [0.25, 0.3) is 0 Å². The quantitative estimate of drug-likeness (QED) is 0.658. The number of carboxylic acid groups (broad SMARTS) is 1. The van der Waals surface area contributed by atoms with Crippen LogP contribution in [0.2, 0.25) is 0 Å². The number of rotatable bonds is 5. The van der Waals surface area contributed by atoms with Gasteiger partial charge in [-0.1, -0.05) is 0 Å². The first-order valence-electron chi connectivity index (χ1n) is 4.93. The smallest absolute Gasteiger partial charge is 0.335 e. The number of nitrogen functional groups attached to an aromatic ring is 1. The Bertz CT molecular complexity index is 379. The maximum absolute atomic E-state index is 10.8. The summed E-state index contributed by atoms with van der Waals surface area (Å²) in [5.74, 6) is -0.970. The summed E-state index contributed by atoms with van der Waals surface area (Å²) in [5, 5.41) is 11.9. The van der Waals surface area contributed by atoms with Gasteiger partial charge in [0.2, 0.25) is 0 Å². The average molecular weight is 224 g/mol. The van der Waals surface area contributed by atoms with E-state index in [0.29, 0.717) is 18.0 Å². The lowest BCUT2D eigenvalue weighted by Crippen LogP contribution is -2.21. The Balaban J connectivity index is 2.85. The molecule has 0 fully saturated rings. The van der Waals surface area contributed by atoms with Gasteiger partial charge in [-0.15, -0.1) is 0 Å². The second-order valence-electron chi connectivity index (χ2n) is 3.61. The van der Waals surface area contributed by atoms with Crippen LogP contribution in [0.1, 0.15) is 17.3 Å². The second kappa shape index (κ2) is 5.37. The minimum absolute atomic E-state index is 0.0661. The predicted octanol–water partition coefficient (Wildman–Crippen LogP) is 1.41. The van der Waals surface area contributed by atoms with Crippen LogP contribution >= 0.6 is 0 Å². The SMILES string of the molecule is COCC(C)Nc1cc(C(=O)O)ccc1N. The summed E-state index contributed by atoms with van der Waals surface area (Å²) in [6.07, 6.45) is 0. The molecular formula is C11H16N2O3. The molecule has 1 aromatic carbocycles. The summed E-state index contributed by atoms with van der Waals surface area (Å²) < 4.78 is 4.97. The number of carbonyl (C=O) groups is 1. The van der Waals surface area contributed by atoms with Crippen LogP contribution in [0, 0.1) is 0 Å². The molecule has 16 heavy (non-hydrogen) atoms. The number of aromatic carboxylic acids is 1. The fourth-order valence-electron chi connectivity index (χ4n) is 1.37. The molecule has 0 heterocycles. The van der Waals surface area contributed by atoms with E-state index in [-0.39, 0.29) is 11.6 Å². The van der Waals surface area contributed by atoms with E-state index < -0.39 is 5.97 Å². The van der Waals surface area contributed by atoms with Crippen LogP contribution in [0.3, 0.4) is 0 Å². The molecule has 5 heteroatoms. The van der Waals surface area contributed by atoms with Crippen molar-refractivity contribution in [1.29, 1.82) is 0 Å². The number of carboxylic acids is 1. The van der Waals surface area contributed by atoms with Gasteiger partial charge in [0.15, 0.2) is 0 Å². The van der Waals surface area contributed by atoms with Gasteiger partial charge in [-0.3, -0.25) is 0 Å². The van der Waals surface area contributed by atoms with E-state index in [4.69, 9.17) is 15.6 Å². The van der Waals surface area contributed by atoms with Crippen LogP contribution in [0.5, 0.6) is 0 Å².